The highest BCUT2D eigenvalue weighted by Crippen LogP contribution is 2.37. The number of amides is 1. The first kappa shape index (κ1) is 18.8. The molecule has 2 N–H and O–H groups in total. The van der Waals surface area contributed by atoms with Gasteiger partial charge in [0.05, 0.1) is 17.0 Å². The zero-order chi connectivity index (χ0) is 18.9. The number of fused-ring (bicyclic) bond motifs is 1. The van der Waals surface area contributed by atoms with Gasteiger partial charge in [0, 0.05) is 5.38 Å². The summed E-state index contributed by atoms with van der Waals surface area (Å²) in [5, 5.41) is 4.91. The molecule has 2 aromatic rings. The molecular weight excluding hydrogens is 394 g/mol. The van der Waals surface area contributed by atoms with Gasteiger partial charge in [-0.2, -0.15) is 13.4 Å². The van der Waals surface area contributed by atoms with Gasteiger partial charge in [0.15, 0.2) is 5.13 Å². The number of carbonyl (C=O) groups excluding carboxylic acids is 1. The average molecular weight is 412 g/mol. The number of anilines is 1. The minimum atomic E-state index is -3.96. The molecule has 1 aromatic heterocycles. The van der Waals surface area contributed by atoms with Crippen LogP contribution >= 0.6 is 11.3 Å². The lowest BCUT2D eigenvalue weighted by atomic mass is 10.1. The summed E-state index contributed by atoms with van der Waals surface area (Å²) in [4.78, 5) is 16.8. The molecule has 3 rings (SSSR count). The molecule has 1 aliphatic rings. The maximum absolute atomic E-state index is 12.9. The van der Waals surface area contributed by atoms with E-state index in [-0.39, 0.29) is 10.8 Å². The number of aryl methyl sites for hydroxylation is 1. The van der Waals surface area contributed by atoms with Crippen LogP contribution in [0.15, 0.2) is 37.2 Å². The van der Waals surface area contributed by atoms with Gasteiger partial charge in [-0.15, -0.1) is 11.3 Å². The molecule has 1 amide bonds. The van der Waals surface area contributed by atoms with E-state index in [0.29, 0.717) is 16.5 Å². The van der Waals surface area contributed by atoms with E-state index < -0.39 is 22.0 Å². The van der Waals surface area contributed by atoms with Crippen LogP contribution in [0.5, 0.6) is 0 Å². The highest BCUT2D eigenvalue weighted by molar-refractivity contribution is 7.89. The molecule has 0 fully saturated rings. The Labute approximate surface area is 159 Å². The maximum Gasteiger partial charge on any atom is 0.244 e. The Morgan fingerprint density at radius 1 is 1.23 bits per heavy atom. The van der Waals surface area contributed by atoms with Gasteiger partial charge < -0.3 is 5.32 Å². The zero-order valence-electron chi connectivity index (χ0n) is 14.3. The summed E-state index contributed by atoms with van der Waals surface area (Å²) in [7, 11) is -3.96. The lowest BCUT2D eigenvalue weighted by Crippen LogP contribution is -2.47. The van der Waals surface area contributed by atoms with Gasteiger partial charge in [0.2, 0.25) is 15.9 Å². The van der Waals surface area contributed by atoms with E-state index in [4.69, 9.17) is 0 Å². The molecule has 1 atom stereocenters. The van der Waals surface area contributed by atoms with Gasteiger partial charge in [0.1, 0.15) is 22.3 Å². The van der Waals surface area contributed by atoms with E-state index in [2.05, 4.69) is 23.7 Å². The first-order chi connectivity index (χ1) is 12.3. The number of benzene rings is 1. The van der Waals surface area contributed by atoms with Crippen molar-refractivity contribution in [3.63, 3.8) is 0 Å². The van der Waals surface area contributed by atoms with Crippen molar-refractivity contribution in [2.45, 2.75) is 31.7 Å². The van der Waals surface area contributed by atoms with Gasteiger partial charge >= 0.3 is 0 Å². The van der Waals surface area contributed by atoms with Crippen LogP contribution < -0.4 is 10.0 Å². The fourth-order valence-electron chi connectivity index (χ4n) is 2.32. The van der Waals surface area contributed by atoms with Crippen molar-refractivity contribution in [3.8, 4) is 0 Å². The van der Waals surface area contributed by atoms with Crippen molar-refractivity contribution < 1.29 is 13.2 Å². The average Bonchev–Trinajstić information content (AvgIpc) is 3.20. The molecule has 0 spiro atoms. The summed E-state index contributed by atoms with van der Waals surface area (Å²) in [6, 6.07) is 3.79. The van der Waals surface area contributed by atoms with E-state index in [9.17, 15) is 13.2 Å². The Hall–Kier alpha value is -1.95. The van der Waals surface area contributed by atoms with Gasteiger partial charge in [0.25, 0.3) is 0 Å². The molecular formula is C15H17N5O3S3. The van der Waals surface area contributed by atoms with Crippen LogP contribution in [0.3, 0.4) is 0 Å². The van der Waals surface area contributed by atoms with Gasteiger partial charge in [-0.3, -0.25) is 4.79 Å². The number of hydrogen-bond donors (Lipinski definition) is 2. The summed E-state index contributed by atoms with van der Waals surface area (Å²) in [6.07, 6.45) is 0. The van der Waals surface area contributed by atoms with Crippen LogP contribution in [-0.4, -0.2) is 25.4 Å². The zero-order valence-corrected chi connectivity index (χ0v) is 16.7. The minimum Gasteiger partial charge on any atom is -0.301 e. The van der Waals surface area contributed by atoms with Gasteiger partial charge in [-0.25, -0.2) is 13.4 Å². The molecule has 1 aliphatic heterocycles. The predicted octanol–water partition coefficient (Wildman–Crippen LogP) is 3.12. The fourth-order valence-corrected chi connectivity index (χ4v) is 5.12. The number of sulfonamides is 1. The molecule has 11 heteroatoms. The van der Waals surface area contributed by atoms with E-state index in [0.717, 1.165) is 17.0 Å². The van der Waals surface area contributed by atoms with E-state index >= 15 is 0 Å². The highest BCUT2D eigenvalue weighted by atomic mass is 32.2. The van der Waals surface area contributed by atoms with Crippen LogP contribution in [-0.2, 0) is 26.2 Å². The second-order valence-electron chi connectivity index (χ2n) is 6.01. The van der Waals surface area contributed by atoms with E-state index in [1.165, 1.54) is 17.4 Å². The van der Waals surface area contributed by atoms with Crippen LogP contribution in [0.25, 0.3) is 0 Å². The van der Waals surface area contributed by atoms with Crippen LogP contribution in [0, 0.1) is 12.8 Å². The Morgan fingerprint density at radius 3 is 2.65 bits per heavy atom. The van der Waals surface area contributed by atoms with Crippen LogP contribution in [0.4, 0.5) is 16.5 Å². The SMILES string of the molecule is Cc1csc(NC(=O)[C@@H](NS(=O)(=O)c2cccc3c2N=S=N3)C(C)C)n1. The maximum atomic E-state index is 12.9. The minimum absolute atomic E-state index is 0.00675. The number of rotatable bonds is 6. The number of carbonyl (C=O) groups is 1. The smallest absolute Gasteiger partial charge is 0.244 e. The Morgan fingerprint density at radius 2 is 2.00 bits per heavy atom. The summed E-state index contributed by atoms with van der Waals surface area (Å²) in [5.41, 5.74) is 1.58. The number of aromatic nitrogens is 1. The molecule has 0 unspecified atom stereocenters. The molecule has 0 saturated heterocycles. The summed E-state index contributed by atoms with van der Waals surface area (Å²) in [6.45, 7) is 5.35. The molecule has 8 nitrogen and oxygen atoms in total. The number of nitrogens with zero attached hydrogens (tertiary/aromatic N) is 3. The predicted molar refractivity (Wildman–Crippen MR) is 102 cm³/mol. The molecule has 138 valence electrons. The normalized spacial score (nSPS) is 14.2. The largest absolute Gasteiger partial charge is 0.301 e. The molecule has 0 bridgehead atoms. The quantitative estimate of drug-likeness (QED) is 0.649. The number of hydrogen-bond acceptors (Lipinski definition) is 7. The van der Waals surface area contributed by atoms with Crippen molar-refractivity contribution in [3.05, 3.63) is 29.3 Å². The second-order valence-corrected chi connectivity index (χ2v) is 9.08. The van der Waals surface area contributed by atoms with Gasteiger partial charge in [-0.1, -0.05) is 19.9 Å². The summed E-state index contributed by atoms with van der Waals surface area (Å²) < 4.78 is 36.3. The molecule has 1 aromatic carbocycles. The van der Waals surface area contributed by atoms with Crippen molar-refractivity contribution in [1.82, 2.24) is 9.71 Å². The fraction of sp³-hybridized carbons (Fsp3) is 0.333. The number of nitrogens with one attached hydrogen (secondary N) is 2. The Kier molecular flexibility index (Phi) is 5.32. The highest BCUT2D eigenvalue weighted by Gasteiger charge is 2.31. The van der Waals surface area contributed by atoms with E-state index in [1.54, 1.807) is 31.4 Å². The summed E-state index contributed by atoms with van der Waals surface area (Å²) >= 11 is 2.23. The molecule has 0 saturated carbocycles. The second kappa shape index (κ2) is 7.35. The standard InChI is InChI=1S/C15H17N5O3S3/c1-8(2)12(14(21)17-15-16-9(3)7-24-15)20-26(22,23)11-6-4-5-10-13(11)19-25-18-10/h4-8,12,20H,1-3H3,(H,16,17,21)/t12-/m0/s1. The van der Waals surface area contributed by atoms with Crippen molar-refractivity contribution in [2.75, 3.05) is 5.32 Å². The Bertz CT molecular complexity index is 1020. The first-order valence-electron chi connectivity index (χ1n) is 7.74. The van der Waals surface area contributed by atoms with Gasteiger partial charge in [-0.05, 0) is 25.0 Å². The monoisotopic (exact) mass is 411 g/mol. The molecule has 0 aliphatic carbocycles. The van der Waals surface area contributed by atoms with Crippen LogP contribution in [0.1, 0.15) is 19.5 Å². The third-order valence-electron chi connectivity index (χ3n) is 3.62. The van der Waals surface area contributed by atoms with Crippen LogP contribution in [0.2, 0.25) is 0 Å². The lowest BCUT2D eigenvalue weighted by Gasteiger charge is -2.21. The van der Waals surface area contributed by atoms with Crippen molar-refractivity contribution in [2.24, 2.45) is 14.6 Å². The topological polar surface area (TPSA) is 113 Å². The third-order valence-corrected chi connectivity index (χ3v) is 6.51. The van der Waals surface area contributed by atoms with E-state index in [1.807, 2.05) is 6.92 Å². The molecule has 26 heavy (non-hydrogen) atoms. The molecule has 2 heterocycles. The third kappa shape index (κ3) is 3.90. The van der Waals surface area contributed by atoms with Crippen molar-refractivity contribution >= 4 is 55.1 Å². The Balaban J connectivity index is 1.85. The number of thiazole rings is 1. The lowest BCUT2D eigenvalue weighted by molar-refractivity contribution is -0.118. The summed E-state index contributed by atoms with van der Waals surface area (Å²) in [5.74, 6) is -0.722. The first-order valence-corrected chi connectivity index (χ1v) is 10.8. The van der Waals surface area contributed by atoms with Crippen molar-refractivity contribution in [1.29, 1.82) is 0 Å². The molecule has 0 radical (unpaired) electrons.